The van der Waals surface area contributed by atoms with Crippen LogP contribution in [0.25, 0.3) is 48.3 Å². The Morgan fingerprint density at radius 3 is 2.50 bits per heavy atom. The molecule has 0 N–H and O–H groups in total. The first kappa shape index (κ1) is 15.5. The summed E-state index contributed by atoms with van der Waals surface area (Å²) in [6, 6.07) is 27.5. The van der Waals surface area contributed by atoms with E-state index in [1.54, 1.807) is 0 Å². The van der Waals surface area contributed by atoms with Crippen LogP contribution in [0.2, 0.25) is 0 Å². The topological polar surface area (TPSA) is 30.7 Å². The molecule has 6 rings (SSSR count). The van der Waals surface area contributed by atoms with E-state index >= 15 is 0 Å². The average molecular weight is 377 g/mol. The van der Waals surface area contributed by atoms with Crippen LogP contribution in [0.5, 0.6) is 0 Å². The van der Waals surface area contributed by atoms with E-state index in [0.717, 1.165) is 28.1 Å². The van der Waals surface area contributed by atoms with Gasteiger partial charge < -0.3 is 0 Å². The normalized spacial score (nSPS) is 11.6. The maximum atomic E-state index is 4.99. The van der Waals surface area contributed by atoms with Crippen molar-refractivity contribution in [3.05, 3.63) is 91.3 Å². The zero-order chi connectivity index (χ0) is 18.5. The summed E-state index contributed by atoms with van der Waals surface area (Å²) < 4.78 is 4.80. The fraction of sp³-hybridized carbons (Fsp3) is 0. The van der Waals surface area contributed by atoms with Crippen molar-refractivity contribution in [2.45, 2.75) is 0 Å². The van der Waals surface area contributed by atoms with Crippen molar-refractivity contribution in [3.8, 4) is 17.1 Å². The van der Waals surface area contributed by atoms with E-state index in [-0.39, 0.29) is 0 Å². The number of para-hydroxylation sites is 1. The van der Waals surface area contributed by atoms with Gasteiger partial charge in [-0.1, -0.05) is 48.5 Å². The minimum absolute atomic E-state index is 0.902. The van der Waals surface area contributed by atoms with E-state index in [2.05, 4.69) is 76.3 Å². The van der Waals surface area contributed by atoms with Gasteiger partial charge in [0, 0.05) is 37.6 Å². The Hall–Kier alpha value is -3.50. The number of nitrogens with zero attached hydrogens (tertiary/aromatic N) is 3. The third-order valence-electron chi connectivity index (χ3n) is 5.12. The molecule has 0 aliphatic rings. The molecule has 0 atom stereocenters. The molecule has 0 bridgehead atoms. The van der Waals surface area contributed by atoms with E-state index in [9.17, 15) is 0 Å². The smallest absolute Gasteiger partial charge is 0.147 e. The lowest BCUT2D eigenvalue weighted by atomic mass is 10.1. The fourth-order valence-corrected chi connectivity index (χ4v) is 5.09. The van der Waals surface area contributed by atoms with Crippen molar-refractivity contribution < 1.29 is 0 Å². The highest BCUT2D eigenvalue weighted by molar-refractivity contribution is 7.26. The monoisotopic (exact) mass is 377 g/mol. The molecule has 0 aliphatic heterocycles. The number of pyridine rings is 1. The van der Waals surface area contributed by atoms with E-state index in [0.29, 0.717) is 0 Å². The van der Waals surface area contributed by atoms with Crippen molar-refractivity contribution in [3.63, 3.8) is 0 Å². The molecule has 28 heavy (non-hydrogen) atoms. The van der Waals surface area contributed by atoms with Crippen LogP contribution < -0.4 is 0 Å². The van der Waals surface area contributed by atoms with Crippen LogP contribution in [0.1, 0.15) is 0 Å². The summed E-state index contributed by atoms with van der Waals surface area (Å²) in [5, 5.41) is 2.58. The zero-order valence-electron chi connectivity index (χ0n) is 14.9. The van der Waals surface area contributed by atoms with Crippen LogP contribution in [0.3, 0.4) is 0 Å². The van der Waals surface area contributed by atoms with Crippen molar-refractivity contribution in [1.29, 1.82) is 0 Å². The number of aromatic nitrogens is 3. The van der Waals surface area contributed by atoms with Crippen LogP contribution in [0.4, 0.5) is 0 Å². The molecule has 0 aliphatic carbocycles. The lowest BCUT2D eigenvalue weighted by molar-refractivity contribution is 1.11. The number of hydrogen-bond donors (Lipinski definition) is 0. The molecule has 0 amide bonds. The van der Waals surface area contributed by atoms with E-state index in [1.807, 2.05) is 35.9 Å². The molecule has 0 saturated carbocycles. The van der Waals surface area contributed by atoms with Crippen LogP contribution in [-0.4, -0.2) is 14.5 Å². The van der Waals surface area contributed by atoms with Gasteiger partial charge in [0.2, 0.25) is 0 Å². The van der Waals surface area contributed by atoms with Crippen molar-refractivity contribution in [1.82, 2.24) is 14.5 Å². The number of hydrogen-bond acceptors (Lipinski definition) is 3. The largest absolute Gasteiger partial charge is 0.292 e. The predicted molar refractivity (Wildman–Crippen MR) is 117 cm³/mol. The molecule has 6 aromatic rings. The van der Waals surface area contributed by atoms with Gasteiger partial charge in [0.15, 0.2) is 0 Å². The molecule has 3 heterocycles. The van der Waals surface area contributed by atoms with Gasteiger partial charge in [-0.15, -0.1) is 11.3 Å². The molecular formula is C24H15N3S. The van der Waals surface area contributed by atoms with Crippen molar-refractivity contribution in [2.75, 3.05) is 0 Å². The number of benzene rings is 3. The van der Waals surface area contributed by atoms with Crippen molar-refractivity contribution >= 4 is 42.5 Å². The molecule has 0 fully saturated rings. The number of fused-ring (bicyclic) bond motifs is 4. The third kappa shape index (κ3) is 2.22. The summed E-state index contributed by atoms with van der Waals surface area (Å²) in [5.41, 5.74) is 4.22. The summed E-state index contributed by atoms with van der Waals surface area (Å²) in [5.74, 6) is 0.950. The molecular weight excluding hydrogens is 362 g/mol. The quantitative estimate of drug-likeness (QED) is 0.347. The average Bonchev–Trinajstić information content (AvgIpc) is 3.33. The van der Waals surface area contributed by atoms with Gasteiger partial charge in [-0.05, 0) is 30.3 Å². The molecule has 132 valence electrons. The van der Waals surface area contributed by atoms with Crippen LogP contribution in [-0.2, 0) is 0 Å². The molecule has 3 nitrogen and oxygen atoms in total. The lowest BCUT2D eigenvalue weighted by Gasteiger charge is -2.10. The molecule has 0 unspecified atom stereocenters. The molecule has 0 spiro atoms. The number of rotatable bonds is 2. The van der Waals surface area contributed by atoms with E-state index in [4.69, 9.17) is 4.98 Å². The Morgan fingerprint density at radius 1 is 0.750 bits per heavy atom. The van der Waals surface area contributed by atoms with Gasteiger partial charge in [-0.3, -0.25) is 9.55 Å². The van der Waals surface area contributed by atoms with Crippen LogP contribution in [0, 0.1) is 0 Å². The summed E-state index contributed by atoms with van der Waals surface area (Å²) in [6.07, 6.45) is 3.66. The summed E-state index contributed by atoms with van der Waals surface area (Å²) in [7, 11) is 0. The number of imidazole rings is 1. The van der Waals surface area contributed by atoms with Crippen LogP contribution in [0.15, 0.2) is 91.3 Å². The first-order chi connectivity index (χ1) is 13.9. The van der Waals surface area contributed by atoms with Crippen LogP contribution >= 0.6 is 11.3 Å². The van der Waals surface area contributed by atoms with Crippen molar-refractivity contribution in [2.24, 2.45) is 0 Å². The predicted octanol–water partition coefficient (Wildman–Crippen LogP) is 6.46. The second kappa shape index (κ2) is 6.01. The second-order valence-electron chi connectivity index (χ2n) is 6.75. The Labute approximate surface area is 165 Å². The Balaban J connectivity index is 1.74. The second-order valence-corrected chi connectivity index (χ2v) is 7.80. The summed E-state index contributed by atoms with van der Waals surface area (Å²) in [6.45, 7) is 0. The standard InChI is InChI=1S/C24H15N3S/c1-2-7-16(8-3-1)27-21-13-14-25-15-20(21)26-24(27)19-11-6-10-18-17-9-4-5-12-22(17)28-23(18)19/h1-15H. The summed E-state index contributed by atoms with van der Waals surface area (Å²) >= 11 is 1.83. The maximum Gasteiger partial charge on any atom is 0.147 e. The minimum Gasteiger partial charge on any atom is -0.292 e. The highest BCUT2D eigenvalue weighted by Crippen LogP contribution is 2.40. The highest BCUT2D eigenvalue weighted by atomic mass is 32.1. The van der Waals surface area contributed by atoms with Gasteiger partial charge >= 0.3 is 0 Å². The first-order valence-corrected chi connectivity index (χ1v) is 10.0. The highest BCUT2D eigenvalue weighted by Gasteiger charge is 2.18. The maximum absolute atomic E-state index is 4.99. The zero-order valence-corrected chi connectivity index (χ0v) is 15.7. The summed E-state index contributed by atoms with van der Waals surface area (Å²) in [4.78, 5) is 9.27. The molecule has 3 aromatic heterocycles. The molecule has 4 heteroatoms. The van der Waals surface area contributed by atoms with Gasteiger partial charge in [-0.2, -0.15) is 0 Å². The Morgan fingerprint density at radius 2 is 1.57 bits per heavy atom. The fourth-order valence-electron chi connectivity index (χ4n) is 3.87. The number of thiophene rings is 1. The minimum atomic E-state index is 0.902. The Kier molecular flexibility index (Phi) is 3.34. The molecule has 0 radical (unpaired) electrons. The van der Waals surface area contributed by atoms with Gasteiger partial charge in [0.25, 0.3) is 0 Å². The van der Waals surface area contributed by atoms with E-state index in [1.165, 1.54) is 20.2 Å². The SMILES string of the molecule is c1ccc(-n2c(-c3cccc4c3sc3ccccc34)nc3cnccc32)cc1. The Bertz CT molecular complexity index is 1460. The van der Waals surface area contributed by atoms with Gasteiger partial charge in [-0.25, -0.2) is 4.98 Å². The van der Waals surface area contributed by atoms with E-state index < -0.39 is 0 Å². The third-order valence-corrected chi connectivity index (χ3v) is 6.34. The lowest BCUT2D eigenvalue weighted by Crippen LogP contribution is -1.97. The van der Waals surface area contributed by atoms with Gasteiger partial charge in [0.1, 0.15) is 11.3 Å². The van der Waals surface area contributed by atoms with Gasteiger partial charge in [0.05, 0.1) is 11.7 Å². The molecule has 3 aromatic carbocycles. The first-order valence-electron chi connectivity index (χ1n) is 9.19. The molecule has 0 saturated heterocycles.